The number of nitrogens with zero attached hydrogens (tertiary/aromatic N) is 2. The Bertz CT molecular complexity index is 518. The molecule has 1 aromatic rings. The van der Waals surface area contributed by atoms with E-state index in [0.29, 0.717) is 0 Å². The molecule has 3 N–H and O–H groups in total. The number of aliphatic hydroxyl groups is 2. The number of nitro groups is 1. The highest BCUT2D eigenvalue weighted by molar-refractivity contribution is 5.91. The van der Waals surface area contributed by atoms with Crippen molar-refractivity contribution in [3.63, 3.8) is 0 Å². The molecule has 0 spiro atoms. The van der Waals surface area contributed by atoms with E-state index in [0.717, 1.165) is 18.2 Å². The van der Waals surface area contributed by atoms with E-state index in [4.69, 9.17) is 10.4 Å². The highest BCUT2D eigenvalue weighted by Crippen LogP contribution is 2.31. The first kappa shape index (κ1) is 14.6. The molecule has 0 bridgehead atoms. The highest BCUT2D eigenvalue weighted by Gasteiger charge is 2.31. The van der Waals surface area contributed by atoms with Crippen molar-refractivity contribution in [3.8, 4) is 6.07 Å². The van der Waals surface area contributed by atoms with Crippen LogP contribution in [0, 0.1) is 21.4 Å². The third-order valence-electron chi connectivity index (χ3n) is 2.47. The normalized spacial score (nSPS) is 13.3. The van der Waals surface area contributed by atoms with Gasteiger partial charge in [0.05, 0.1) is 34.6 Å². The number of carboxylic acids is 1. The van der Waals surface area contributed by atoms with Gasteiger partial charge in [-0.25, -0.2) is 4.79 Å². The third-order valence-corrected chi connectivity index (χ3v) is 2.47. The van der Waals surface area contributed by atoms with Gasteiger partial charge in [0, 0.05) is 6.07 Å². The molecular formula is C11H10N2O6. The van der Waals surface area contributed by atoms with Crippen molar-refractivity contribution in [2.75, 3.05) is 0 Å². The van der Waals surface area contributed by atoms with Crippen molar-refractivity contribution in [2.45, 2.75) is 18.6 Å². The van der Waals surface area contributed by atoms with Gasteiger partial charge in [-0.05, 0) is 6.07 Å². The minimum Gasteiger partial charge on any atom is -0.478 e. The number of nitro benzene ring substituents is 1. The molecule has 0 heterocycles. The molecule has 19 heavy (non-hydrogen) atoms. The fourth-order valence-electron chi connectivity index (χ4n) is 1.61. The van der Waals surface area contributed by atoms with E-state index in [1.165, 1.54) is 0 Å². The van der Waals surface area contributed by atoms with Crippen LogP contribution in [0.5, 0.6) is 0 Å². The van der Waals surface area contributed by atoms with Crippen molar-refractivity contribution in [2.24, 2.45) is 0 Å². The monoisotopic (exact) mass is 266 g/mol. The number of nitriles is 1. The molecule has 0 aromatic heterocycles. The molecule has 1 aromatic carbocycles. The van der Waals surface area contributed by atoms with Crippen LogP contribution in [0.25, 0.3) is 0 Å². The average Bonchev–Trinajstić information content (AvgIpc) is 2.36. The van der Waals surface area contributed by atoms with Gasteiger partial charge in [0.25, 0.3) is 5.69 Å². The van der Waals surface area contributed by atoms with E-state index >= 15 is 0 Å². The van der Waals surface area contributed by atoms with Crippen molar-refractivity contribution in [1.82, 2.24) is 0 Å². The van der Waals surface area contributed by atoms with E-state index in [2.05, 4.69) is 0 Å². The van der Waals surface area contributed by atoms with Gasteiger partial charge >= 0.3 is 5.97 Å². The number of aliphatic hydroxyl groups excluding tert-OH is 2. The fourth-order valence-corrected chi connectivity index (χ4v) is 1.61. The Balaban J connectivity index is 3.41. The first-order valence-electron chi connectivity index (χ1n) is 5.13. The van der Waals surface area contributed by atoms with Crippen LogP contribution >= 0.6 is 0 Å². The summed E-state index contributed by atoms with van der Waals surface area (Å²) in [5.74, 6) is -1.47. The fraction of sp³-hybridized carbons (Fsp3) is 0.273. The largest absolute Gasteiger partial charge is 0.478 e. The number of hydrogen-bond donors (Lipinski definition) is 3. The van der Waals surface area contributed by atoms with Gasteiger partial charge in [0.2, 0.25) is 0 Å². The standard InChI is InChI=1S/C11H10N2O6/c12-5-4-8(14)10(15)9-6(11(16)17)2-1-3-7(9)13(18)19/h1-3,8,10,14-15H,4H2,(H,16,17). The molecule has 100 valence electrons. The Morgan fingerprint density at radius 3 is 2.58 bits per heavy atom. The number of aromatic carboxylic acids is 1. The summed E-state index contributed by atoms with van der Waals surface area (Å²) in [7, 11) is 0. The number of benzene rings is 1. The van der Waals surface area contributed by atoms with Crippen LogP contribution in [-0.2, 0) is 0 Å². The molecule has 0 aliphatic heterocycles. The summed E-state index contributed by atoms with van der Waals surface area (Å²) in [5, 5.41) is 47.5. The molecule has 0 aliphatic rings. The minimum atomic E-state index is -1.83. The topological polar surface area (TPSA) is 145 Å². The maximum atomic E-state index is 11.0. The van der Waals surface area contributed by atoms with E-state index in [1.54, 1.807) is 6.07 Å². The number of rotatable bonds is 5. The minimum absolute atomic E-state index is 0.480. The lowest BCUT2D eigenvalue weighted by molar-refractivity contribution is -0.386. The third kappa shape index (κ3) is 3.04. The Morgan fingerprint density at radius 1 is 1.47 bits per heavy atom. The lowest BCUT2D eigenvalue weighted by Gasteiger charge is -2.17. The van der Waals surface area contributed by atoms with Gasteiger partial charge in [0.15, 0.2) is 0 Å². The van der Waals surface area contributed by atoms with Crippen molar-refractivity contribution >= 4 is 11.7 Å². The molecule has 0 amide bonds. The van der Waals surface area contributed by atoms with Crippen molar-refractivity contribution in [3.05, 3.63) is 39.4 Å². The van der Waals surface area contributed by atoms with Gasteiger partial charge in [-0.2, -0.15) is 5.26 Å². The average molecular weight is 266 g/mol. The molecule has 0 saturated heterocycles. The van der Waals surface area contributed by atoms with Crippen molar-refractivity contribution < 1.29 is 25.0 Å². The van der Waals surface area contributed by atoms with Crippen LogP contribution in [0.1, 0.15) is 28.4 Å². The Labute approximate surface area is 107 Å². The van der Waals surface area contributed by atoms with Crippen molar-refractivity contribution in [1.29, 1.82) is 5.26 Å². The summed E-state index contributed by atoms with van der Waals surface area (Å²) in [4.78, 5) is 21.0. The SMILES string of the molecule is N#CCC(O)C(O)c1c(C(=O)O)cccc1[N+](=O)[O-]. The Morgan fingerprint density at radius 2 is 2.11 bits per heavy atom. The smallest absolute Gasteiger partial charge is 0.336 e. The molecule has 2 unspecified atom stereocenters. The molecule has 0 aliphatic carbocycles. The summed E-state index contributed by atoms with van der Waals surface area (Å²) in [6.07, 6.45) is -3.91. The Kier molecular flexibility index (Phi) is 4.52. The van der Waals surface area contributed by atoms with Gasteiger partial charge < -0.3 is 15.3 Å². The molecular weight excluding hydrogens is 256 g/mol. The number of carbonyl (C=O) groups is 1. The molecule has 8 heteroatoms. The van der Waals surface area contributed by atoms with Gasteiger partial charge in [-0.1, -0.05) is 6.07 Å². The molecule has 0 saturated carbocycles. The molecule has 8 nitrogen and oxygen atoms in total. The first-order valence-corrected chi connectivity index (χ1v) is 5.13. The van der Waals surface area contributed by atoms with Crippen LogP contribution in [0.3, 0.4) is 0 Å². The van der Waals surface area contributed by atoms with Gasteiger partial charge in [-0.3, -0.25) is 10.1 Å². The summed E-state index contributed by atoms with van der Waals surface area (Å²) in [6.45, 7) is 0. The lowest BCUT2D eigenvalue weighted by atomic mass is 9.95. The van der Waals surface area contributed by atoms with E-state index < -0.39 is 46.3 Å². The predicted molar refractivity (Wildman–Crippen MR) is 61.3 cm³/mol. The number of hydrogen-bond acceptors (Lipinski definition) is 6. The number of carboxylic acid groups (broad SMARTS) is 1. The quantitative estimate of drug-likeness (QED) is 0.522. The van der Waals surface area contributed by atoms with Gasteiger partial charge in [-0.15, -0.1) is 0 Å². The van der Waals surface area contributed by atoms with Crippen LogP contribution in [0.15, 0.2) is 18.2 Å². The second kappa shape index (κ2) is 5.90. The van der Waals surface area contributed by atoms with E-state index in [1.807, 2.05) is 0 Å². The molecule has 0 radical (unpaired) electrons. The molecule has 1 rings (SSSR count). The maximum Gasteiger partial charge on any atom is 0.336 e. The first-order chi connectivity index (χ1) is 8.90. The summed E-state index contributed by atoms with van der Waals surface area (Å²) < 4.78 is 0. The van der Waals surface area contributed by atoms with Crippen LogP contribution in [0.2, 0.25) is 0 Å². The van der Waals surface area contributed by atoms with Gasteiger partial charge in [0.1, 0.15) is 6.10 Å². The summed E-state index contributed by atoms with van der Waals surface area (Å²) >= 11 is 0. The second-order valence-corrected chi connectivity index (χ2v) is 3.68. The summed E-state index contributed by atoms with van der Waals surface area (Å²) in [6, 6.07) is 4.84. The Hall–Kier alpha value is -2.50. The van der Waals surface area contributed by atoms with Crippen LogP contribution in [0.4, 0.5) is 5.69 Å². The lowest BCUT2D eigenvalue weighted by Crippen LogP contribution is -2.21. The zero-order chi connectivity index (χ0) is 14.6. The van der Waals surface area contributed by atoms with E-state index in [-0.39, 0.29) is 0 Å². The van der Waals surface area contributed by atoms with Crippen LogP contribution < -0.4 is 0 Å². The zero-order valence-electron chi connectivity index (χ0n) is 9.55. The predicted octanol–water partition coefficient (Wildman–Crippen LogP) is 0.601. The highest BCUT2D eigenvalue weighted by atomic mass is 16.6. The second-order valence-electron chi connectivity index (χ2n) is 3.68. The van der Waals surface area contributed by atoms with E-state index in [9.17, 15) is 25.1 Å². The summed E-state index contributed by atoms with van der Waals surface area (Å²) in [5.41, 5.74) is -1.62. The maximum absolute atomic E-state index is 11.0. The molecule has 0 fully saturated rings. The molecule has 2 atom stereocenters. The zero-order valence-corrected chi connectivity index (χ0v) is 9.55. The van der Waals surface area contributed by atoms with Crippen LogP contribution in [-0.4, -0.2) is 32.3 Å².